The highest BCUT2D eigenvalue weighted by molar-refractivity contribution is 5.20. The van der Waals surface area contributed by atoms with Crippen molar-refractivity contribution in [3.05, 3.63) is 58.5 Å². The summed E-state index contributed by atoms with van der Waals surface area (Å²) in [5, 5.41) is 4.13. The van der Waals surface area contributed by atoms with E-state index < -0.39 is 0 Å². The van der Waals surface area contributed by atoms with E-state index in [0.717, 1.165) is 11.4 Å². The zero-order valence-corrected chi connectivity index (χ0v) is 9.67. The van der Waals surface area contributed by atoms with Crippen molar-refractivity contribution in [3.63, 3.8) is 0 Å². The molecule has 0 unspecified atom stereocenters. The largest absolute Gasteiger partial charge is 0.492 e. The van der Waals surface area contributed by atoms with E-state index in [4.69, 9.17) is 4.74 Å². The molecule has 0 radical (unpaired) electrons. The first kappa shape index (κ1) is 11.4. The van der Waals surface area contributed by atoms with Crippen molar-refractivity contribution in [1.82, 2.24) is 9.78 Å². The minimum absolute atomic E-state index is 0.104. The third kappa shape index (κ3) is 3.17. The number of hydrogen-bond donors (Lipinski definition) is 0. The first-order chi connectivity index (χ1) is 8.25. The first-order valence-electron chi connectivity index (χ1n) is 5.48. The average Bonchev–Trinajstić information content (AvgIpc) is 2.35. The van der Waals surface area contributed by atoms with Gasteiger partial charge in [0.25, 0.3) is 5.56 Å². The molecule has 1 heterocycles. The van der Waals surface area contributed by atoms with E-state index in [0.29, 0.717) is 13.2 Å². The molecule has 2 aromatic rings. The fourth-order valence-corrected chi connectivity index (χ4v) is 1.48. The molecule has 1 aromatic carbocycles. The van der Waals surface area contributed by atoms with Gasteiger partial charge < -0.3 is 4.74 Å². The summed E-state index contributed by atoms with van der Waals surface area (Å²) in [5.41, 5.74) is 0.719. The predicted octanol–water partition coefficient (Wildman–Crippen LogP) is 1.63. The van der Waals surface area contributed by atoms with Crippen molar-refractivity contribution < 1.29 is 4.74 Å². The summed E-state index contributed by atoms with van der Waals surface area (Å²) in [4.78, 5) is 11.5. The van der Waals surface area contributed by atoms with E-state index in [1.807, 2.05) is 37.3 Å². The Morgan fingerprint density at radius 3 is 2.71 bits per heavy atom. The van der Waals surface area contributed by atoms with Gasteiger partial charge in [0.15, 0.2) is 0 Å². The van der Waals surface area contributed by atoms with Crippen molar-refractivity contribution in [3.8, 4) is 5.75 Å². The molecule has 0 atom stereocenters. The lowest BCUT2D eigenvalue weighted by molar-refractivity contribution is 0.287. The highest BCUT2D eigenvalue weighted by atomic mass is 16.5. The quantitative estimate of drug-likeness (QED) is 0.801. The van der Waals surface area contributed by atoms with Crippen LogP contribution in [0.5, 0.6) is 5.75 Å². The SMILES string of the molecule is Cc1ccc(=O)n(CCOc2ccccc2)n1. The van der Waals surface area contributed by atoms with Crippen LogP contribution in [0.3, 0.4) is 0 Å². The molecule has 0 bridgehead atoms. The Morgan fingerprint density at radius 2 is 1.94 bits per heavy atom. The number of benzene rings is 1. The number of rotatable bonds is 4. The monoisotopic (exact) mass is 230 g/mol. The Kier molecular flexibility index (Phi) is 3.55. The molecule has 0 amide bonds. The average molecular weight is 230 g/mol. The van der Waals surface area contributed by atoms with Gasteiger partial charge in [0.05, 0.1) is 12.2 Å². The van der Waals surface area contributed by atoms with Crippen LogP contribution in [0.2, 0.25) is 0 Å². The van der Waals surface area contributed by atoms with Crippen LogP contribution in [0.1, 0.15) is 5.69 Å². The lowest BCUT2D eigenvalue weighted by Gasteiger charge is -2.07. The lowest BCUT2D eigenvalue weighted by Crippen LogP contribution is -2.25. The number of para-hydroxylation sites is 1. The van der Waals surface area contributed by atoms with E-state index in [2.05, 4.69) is 5.10 Å². The predicted molar refractivity (Wildman–Crippen MR) is 65.2 cm³/mol. The maximum Gasteiger partial charge on any atom is 0.266 e. The van der Waals surface area contributed by atoms with Gasteiger partial charge in [-0.25, -0.2) is 4.68 Å². The number of aryl methyl sites for hydroxylation is 1. The Bertz CT molecular complexity index is 535. The third-order valence-electron chi connectivity index (χ3n) is 2.31. The van der Waals surface area contributed by atoms with Crippen LogP contribution in [0, 0.1) is 6.92 Å². The van der Waals surface area contributed by atoms with Gasteiger partial charge in [-0.15, -0.1) is 0 Å². The van der Waals surface area contributed by atoms with Gasteiger partial charge in [-0.05, 0) is 25.1 Å². The molecule has 0 fully saturated rings. The van der Waals surface area contributed by atoms with Crippen molar-refractivity contribution >= 4 is 0 Å². The molecule has 0 saturated carbocycles. The smallest absolute Gasteiger partial charge is 0.266 e. The second-order valence-corrected chi connectivity index (χ2v) is 3.70. The number of nitrogens with zero attached hydrogens (tertiary/aromatic N) is 2. The second kappa shape index (κ2) is 5.30. The maximum atomic E-state index is 11.5. The van der Waals surface area contributed by atoms with E-state index >= 15 is 0 Å². The van der Waals surface area contributed by atoms with Crippen LogP contribution in [0.15, 0.2) is 47.3 Å². The van der Waals surface area contributed by atoms with Crippen molar-refractivity contribution in [1.29, 1.82) is 0 Å². The van der Waals surface area contributed by atoms with E-state index in [1.54, 1.807) is 6.07 Å². The van der Waals surface area contributed by atoms with Crippen molar-refractivity contribution in [2.24, 2.45) is 0 Å². The Balaban J connectivity index is 1.94. The van der Waals surface area contributed by atoms with Gasteiger partial charge in [0.1, 0.15) is 12.4 Å². The van der Waals surface area contributed by atoms with Gasteiger partial charge in [-0.3, -0.25) is 4.79 Å². The molecule has 88 valence electrons. The highest BCUT2D eigenvalue weighted by Gasteiger charge is 1.98. The molecule has 4 heteroatoms. The first-order valence-corrected chi connectivity index (χ1v) is 5.48. The molecule has 0 saturated heterocycles. The maximum absolute atomic E-state index is 11.5. The molecule has 1 aromatic heterocycles. The Labute approximate surface area is 99.5 Å². The summed E-state index contributed by atoms with van der Waals surface area (Å²) < 4.78 is 6.92. The van der Waals surface area contributed by atoms with Gasteiger partial charge in [-0.1, -0.05) is 18.2 Å². The number of ether oxygens (including phenoxy) is 1. The molecule has 0 aliphatic rings. The van der Waals surface area contributed by atoms with E-state index in [-0.39, 0.29) is 5.56 Å². The summed E-state index contributed by atoms with van der Waals surface area (Å²) >= 11 is 0. The Morgan fingerprint density at radius 1 is 1.18 bits per heavy atom. The van der Waals surface area contributed by atoms with Gasteiger partial charge in [0, 0.05) is 6.07 Å². The van der Waals surface area contributed by atoms with Crippen molar-refractivity contribution in [2.75, 3.05) is 6.61 Å². The van der Waals surface area contributed by atoms with Gasteiger partial charge in [-0.2, -0.15) is 5.10 Å². The van der Waals surface area contributed by atoms with Crippen LogP contribution in [-0.2, 0) is 6.54 Å². The standard InChI is InChI=1S/C13H14N2O2/c1-11-7-8-13(16)15(14-11)9-10-17-12-5-3-2-4-6-12/h2-8H,9-10H2,1H3. The summed E-state index contributed by atoms with van der Waals surface area (Å²) in [6.07, 6.45) is 0. The fraction of sp³-hybridized carbons (Fsp3) is 0.231. The molecule has 17 heavy (non-hydrogen) atoms. The topological polar surface area (TPSA) is 44.1 Å². The number of hydrogen-bond acceptors (Lipinski definition) is 3. The van der Waals surface area contributed by atoms with Gasteiger partial charge >= 0.3 is 0 Å². The molecule has 0 N–H and O–H groups in total. The summed E-state index contributed by atoms with van der Waals surface area (Å²) in [7, 11) is 0. The Hall–Kier alpha value is -2.10. The van der Waals surface area contributed by atoms with Gasteiger partial charge in [0.2, 0.25) is 0 Å². The normalized spacial score (nSPS) is 10.2. The fourth-order valence-electron chi connectivity index (χ4n) is 1.48. The zero-order valence-electron chi connectivity index (χ0n) is 9.67. The molecule has 0 spiro atoms. The second-order valence-electron chi connectivity index (χ2n) is 3.70. The van der Waals surface area contributed by atoms with Crippen LogP contribution in [0.4, 0.5) is 0 Å². The lowest BCUT2D eigenvalue weighted by atomic mass is 10.3. The minimum atomic E-state index is -0.104. The molecular weight excluding hydrogens is 216 g/mol. The van der Waals surface area contributed by atoms with Crippen LogP contribution < -0.4 is 10.3 Å². The summed E-state index contributed by atoms with van der Waals surface area (Å²) in [5.74, 6) is 0.799. The minimum Gasteiger partial charge on any atom is -0.492 e. The summed E-state index contributed by atoms with van der Waals surface area (Å²) in [6.45, 7) is 2.74. The summed E-state index contributed by atoms with van der Waals surface area (Å²) in [6, 6.07) is 12.7. The zero-order chi connectivity index (χ0) is 12.1. The van der Waals surface area contributed by atoms with E-state index in [9.17, 15) is 4.79 Å². The molecular formula is C13H14N2O2. The molecule has 4 nitrogen and oxygen atoms in total. The van der Waals surface area contributed by atoms with E-state index in [1.165, 1.54) is 10.7 Å². The van der Waals surface area contributed by atoms with Crippen LogP contribution in [-0.4, -0.2) is 16.4 Å². The molecule has 0 aliphatic heterocycles. The highest BCUT2D eigenvalue weighted by Crippen LogP contribution is 2.07. The third-order valence-corrected chi connectivity index (χ3v) is 2.31. The van der Waals surface area contributed by atoms with Crippen molar-refractivity contribution in [2.45, 2.75) is 13.5 Å². The molecule has 0 aliphatic carbocycles. The number of aromatic nitrogens is 2. The molecule has 2 rings (SSSR count). The van der Waals surface area contributed by atoms with Crippen LogP contribution >= 0.6 is 0 Å². The van der Waals surface area contributed by atoms with Crippen LogP contribution in [0.25, 0.3) is 0 Å².